The first-order chi connectivity index (χ1) is 8.31. The van der Waals surface area contributed by atoms with E-state index >= 15 is 0 Å². The molecule has 17 heavy (non-hydrogen) atoms. The van der Waals surface area contributed by atoms with Crippen LogP contribution in [0.1, 0.15) is 32.6 Å². The molecule has 2 aliphatic heterocycles. The summed E-state index contributed by atoms with van der Waals surface area (Å²) < 4.78 is 5.44. The molecule has 0 radical (unpaired) electrons. The minimum absolute atomic E-state index is 0.0783. The van der Waals surface area contributed by atoms with E-state index in [0.717, 1.165) is 45.7 Å². The van der Waals surface area contributed by atoms with E-state index in [1.807, 2.05) is 11.8 Å². The molecular formula is C13H24N2O2. The number of piperidine rings is 1. The standard InChI is InChI=1S/C13H24N2O2/c1-2-17-10-11-6-8-15(9-11)13(16)12-5-3-4-7-14-12/h11-12,14H,2-10H2,1H3/t11-,12+/m0/s1. The Labute approximate surface area is 104 Å². The van der Waals surface area contributed by atoms with E-state index in [1.165, 1.54) is 12.8 Å². The van der Waals surface area contributed by atoms with E-state index in [2.05, 4.69) is 5.32 Å². The molecule has 98 valence electrons. The number of likely N-dealkylation sites (tertiary alicyclic amines) is 1. The quantitative estimate of drug-likeness (QED) is 0.797. The van der Waals surface area contributed by atoms with E-state index in [0.29, 0.717) is 11.8 Å². The van der Waals surface area contributed by atoms with Gasteiger partial charge in [0.25, 0.3) is 0 Å². The number of rotatable bonds is 4. The van der Waals surface area contributed by atoms with Crippen LogP contribution in [0.2, 0.25) is 0 Å². The summed E-state index contributed by atoms with van der Waals surface area (Å²) in [5.74, 6) is 0.853. The second-order valence-electron chi connectivity index (χ2n) is 5.10. The summed E-state index contributed by atoms with van der Waals surface area (Å²) >= 11 is 0. The molecular weight excluding hydrogens is 216 g/mol. The Bertz CT molecular complexity index is 252. The van der Waals surface area contributed by atoms with Crippen molar-refractivity contribution in [3.8, 4) is 0 Å². The Morgan fingerprint density at radius 3 is 3.00 bits per heavy atom. The topological polar surface area (TPSA) is 41.6 Å². The predicted octanol–water partition coefficient (Wildman–Crippen LogP) is 1.01. The highest BCUT2D eigenvalue weighted by atomic mass is 16.5. The molecule has 2 atom stereocenters. The van der Waals surface area contributed by atoms with Crippen LogP contribution in [0, 0.1) is 5.92 Å². The Morgan fingerprint density at radius 1 is 1.41 bits per heavy atom. The Kier molecular flexibility index (Phi) is 4.80. The molecule has 0 aromatic heterocycles. The summed E-state index contributed by atoms with van der Waals surface area (Å²) in [7, 11) is 0. The van der Waals surface area contributed by atoms with E-state index in [1.54, 1.807) is 0 Å². The number of carbonyl (C=O) groups excluding carboxylic acids is 1. The van der Waals surface area contributed by atoms with Crippen molar-refractivity contribution in [1.82, 2.24) is 10.2 Å². The van der Waals surface area contributed by atoms with Gasteiger partial charge in [0.15, 0.2) is 0 Å². The third-order valence-electron chi connectivity index (χ3n) is 3.76. The Balaban J connectivity index is 1.76. The zero-order valence-corrected chi connectivity index (χ0v) is 10.8. The lowest BCUT2D eigenvalue weighted by Crippen LogP contribution is -2.47. The van der Waals surface area contributed by atoms with Crippen LogP contribution in [0.3, 0.4) is 0 Å². The van der Waals surface area contributed by atoms with E-state index in [-0.39, 0.29) is 6.04 Å². The molecule has 4 heteroatoms. The summed E-state index contributed by atoms with van der Waals surface area (Å²) in [4.78, 5) is 14.3. The van der Waals surface area contributed by atoms with E-state index in [4.69, 9.17) is 4.74 Å². The summed E-state index contributed by atoms with van der Waals surface area (Å²) in [6.45, 7) is 6.38. The minimum atomic E-state index is 0.0783. The number of nitrogens with one attached hydrogen (secondary N) is 1. The lowest BCUT2D eigenvalue weighted by Gasteiger charge is -2.27. The van der Waals surface area contributed by atoms with Gasteiger partial charge >= 0.3 is 0 Å². The van der Waals surface area contributed by atoms with Gasteiger partial charge in [0, 0.05) is 25.6 Å². The lowest BCUT2D eigenvalue weighted by molar-refractivity contribution is -0.133. The number of hydrogen-bond acceptors (Lipinski definition) is 3. The zero-order valence-electron chi connectivity index (χ0n) is 10.8. The molecule has 0 saturated carbocycles. The van der Waals surface area contributed by atoms with E-state index in [9.17, 15) is 4.79 Å². The first-order valence-electron chi connectivity index (χ1n) is 6.91. The van der Waals surface area contributed by atoms with Crippen LogP contribution in [0.5, 0.6) is 0 Å². The van der Waals surface area contributed by atoms with Gasteiger partial charge in [-0.25, -0.2) is 0 Å². The van der Waals surface area contributed by atoms with Crippen molar-refractivity contribution >= 4 is 5.91 Å². The molecule has 0 aliphatic carbocycles. The van der Waals surface area contributed by atoms with Gasteiger partial charge in [-0.15, -0.1) is 0 Å². The Morgan fingerprint density at radius 2 is 2.29 bits per heavy atom. The van der Waals surface area contributed by atoms with Gasteiger partial charge in [-0.2, -0.15) is 0 Å². The average Bonchev–Trinajstić information content (AvgIpc) is 2.85. The van der Waals surface area contributed by atoms with Gasteiger partial charge in [-0.3, -0.25) is 4.79 Å². The SMILES string of the molecule is CCOC[C@H]1CCN(C(=O)[C@H]2CCCCN2)C1. The first kappa shape index (κ1) is 12.8. The van der Waals surface area contributed by atoms with Crippen LogP contribution in [0.25, 0.3) is 0 Å². The van der Waals surface area contributed by atoms with Crippen LogP contribution in [0.4, 0.5) is 0 Å². The lowest BCUT2D eigenvalue weighted by atomic mass is 10.0. The Hall–Kier alpha value is -0.610. The van der Waals surface area contributed by atoms with Crippen LogP contribution in [0.15, 0.2) is 0 Å². The first-order valence-corrected chi connectivity index (χ1v) is 6.91. The fourth-order valence-corrected chi connectivity index (χ4v) is 2.74. The van der Waals surface area contributed by atoms with Gasteiger partial charge in [0.05, 0.1) is 12.6 Å². The maximum absolute atomic E-state index is 12.2. The molecule has 0 aromatic rings. The number of carbonyl (C=O) groups is 1. The molecule has 0 spiro atoms. The number of amides is 1. The van der Waals surface area contributed by atoms with Crippen molar-refractivity contribution in [2.24, 2.45) is 5.92 Å². The highest BCUT2D eigenvalue weighted by molar-refractivity contribution is 5.82. The molecule has 1 amide bonds. The largest absolute Gasteiger partial charge is 0.381 e. The molecule has 2 saturated heterocycles. The molecule has 2 heterocycles. The van der Waals surface area contributed by atoms with Crippen LogP contribution in [-0.4, -0.2) is 49.7 Å². The van der Waals surface area contributed by atoms with Crippen molar-refractivity contribution in [3.63, 3.8) is 0 Å². The summed E-state index contributed by atoms with van der Waals surface area (Å²) in [6, 6.07) is 0.0783. The molecule has 0 bridgehead atoms. The van der Waals surface area contributed by atoms with Gasteiger partial charge < -0.3 is 15.0 Å². The van der Waals surface area contributed by atoms with Gasteiger partial charge in [-0.1, -0.05) is 6.42 Å². The maximum atomic E-state index is 12.2. The predicted molar refractivity (Wildman–Crippen MR) is 66.8 cm³/mol. The van der Waals surface area contributed by atoms with Crippen LogP contribution >= 0.6 is 0 Å². The van der Waals surface area contributed by atoms with E-state index < -0.39 is 0 Å². The zero-order chi connectivity index (χ0) is 12.1. The molecule has 2 rings (SSSR count). The van der Waals surface area contributed by atoms with Crippen LogP contribution in [-0.2, 0) is 9.53 Å². The second kappa shape index (κ2) is 6.36. The van der Waals surface area contributed by atoms with Crippen molar-refractivity contribution < 1.29 is 9.53 Å². The minimum Gasteiger partial charge on any atom is -0.381 e. The summed E-state index contributed by atoms with van der Waals surface area (Å²) in [5, 5.41) is 3.33. The fourth-order valence-electron chi connectivity index (χ4n) is 2.74. The van der Waals surface area contributed by atoms with Gasteiger partial charge in [0.2, 0.25) is 5.91 Å². The molecule has 0 aromatic carbocycles. The third kappa shape index (κ3) is 3.42. The fraction of sp³-hybridized carbons (Fsp3) is 0.923. The molecule has 2 fully saturated rings. The monoisotopic (exact) mass is 240 g/mol. The number of nitrogens with zero attached hydrogens (tertiary/aromatic N) is 1. The summed E-state index contributed by atoms with van der Waals surface area (Å²) in [6.07, 6.45) is 4.49. The van der Waals surface area contributed by atoms with Crippen molar-refractivity contribution in [3.05, 3.63) is 0 Å². The number of ether oxygens (including phenoxy) is 1. The number of hydrogen-bond donors (Lipinski definition) is 1. The molecule has 0 unspecified atom stereocenters. The highest BCUT2D eigenvalue weighted by Gasteiger charge is 2.31. The van der Waals surface area contributed by atoms with Crippen LogP contribution < -0.4 is 5.32 Å². The summed E-state index contributed by atoms with van der Waals surface area (Å²) in [5.41, 5.74) is 0. The maximum Gasteiger partial charge on any atom is 0.239 e. The molecule has 2 aliphatic rings. The molecule has 4 nitrogen and oxygen atoms in total. The van der Waals surface area contributed by atoms with Gasteiger partial charge in [0.1, 0.15) is 0 Å². The van der Waals surface area contributed by atoms with Crippen molar-refractivity contribution in [1.29, 1.82) is 0 Å². The molecule has 1 N–H and O–H groups in total. The smallest absolute Gasteiger partial charge is 0.239 e. The average molecular weight is 240 g/mol. The van der Waals surface area contributed by atoms with Gasteiger partial charge in [-0.05, 0) is 32.7 Å². The third-order valence-corrected chi connectivity index (χ3v) is 3.76. The normalized spacial score (nSPS) is 29.6. The van der Waals surface area contributed by atoms with Crippen molar-refractivity contribution in [2.45, 2.75) is 38.6 Å². The highest BCUT2D eigenvalue weighted by Crippen LogP contribution is 2.19. The van der Waals surface area contributed by atoms with Crippen molar-refractivity contribution in [2.75, 3.05) is 32.8 Å². The second-order valence-corrected chi connectivity index (χ2v) is 5.10.